The second kappa shape index (κ2) is 13.2. The largest absolute Gasteiger partial charge is 0.464 e. The standard InChI is InChI=1S/C36H29F2N3O7S/c1-22-14-30(27-16-29(38)35(42)41(19-27)18-23-6-9-32-34(15-23)48-21-47-32)40-36(39-22)49(43,44)13-11-31(46-20-26-4-2-3-5-28(26)37)25-8-7-24-10-12-45-33(24)17-25/h2-10,12,14-17,19,31H,11,13,18,20-21H2,1H3. The number of furan rings is 1. The van der Waals surface area contributed by atoms with Crippen LogP contribution in [0.25, 0.3) is 22.2 Å². The van der Waals surface area contributed by atoms with Gasteiger partial charge in [-0.3, -0.25) is 4.79 Å². The van der Waals surface area contributed by atoms with Crippen LogP contribution in [0.3, 0.4) is 0 Å². The van der Waals surface area contributed by atoms with Crippen molar-refractivity contribution in [3.8, 4) is 22.8 Å². The molecule has 0 spiro atoms. The van der Waals surface area contributed by atoms with E-state index in [1.54, 1.807) is 61.7 Å². The van der Waals surface area contributed by atoms with Gasteiger partial charge < -0.3 is 23.2 Å². The maximum atomic E-state index is 15.0. The molecule has 1 atom stereocenters. The fourth-order valence-electron chi connectivity index (χ4n) is 5.60. The van der Waals surface area contributed by atoms with E-state index < -0.39 is 44.0 Å². The average Bonchev–Trinajstić information content (AvgIpc) is 3.76. The van der Waals surface area contributed by atoms with Crippen LogP contribution in [0.5, 0.6) is 11.5 Å². The van der Waals surface area contributed by atoms with E-state index >= 15 is 0 Å². The summed E-state index contributed by atoms with van der Waals surface area (Å²) in [6.45, 7) is 1.62. The van der Waals surface area contributed by atoms with Gasteiger partial charge >= 0.3 is 0 Å². The van der Waals surface area contributed by atoms with Crippen LogP contribution in [0.2, 0.25) is 0 Å². The quantitative estimate of drug-likeness (QED) is 0.140. The molecule has 0 radical (unpaired) electrons. The topological polar surface area (TPSA) is 123 Å². The van der Waals surface area contributed by atoms with Gasteiger partial charge in [0.05, 0.1) is 37.0 Å². The van der Waals surface area contributed by atoms with E-state index in [9.17, 15) is 22.0 Å². The predicted molar refractivity (Wildman–Crippen MR) is 175 cm³/mol. The number of hydrogen-bond donors (Lipinski definition) is 0. The molecule has 3 aromatic carbocycles. The van der Waals surface area contributed by atoms with Crippen LogP contribution in [0.15, 0.2) is 106 Å². The third kappa shape index (κ3) is 6.94. The van der Waals surface area contributed by atoms with Gasteiger partial charge in [-0.2, -0.15) is 0 Å². The molecule has 0 amide bonds. The summed E-state index contributed by atoms with van der Waals surface area (Å²) in [6.07, 6.45) is 2.22. The molecule has 1 unspecified atom stereocenters. The minimum atomic E-state index is -4.11. The van der Waals surface area contributed by atoms with Gasteiger partial charge in [0.25, 0.3) is 5.56 Å². The Morgan fingerprint density at radius 1 is 0.939 bits per heavy atom. The lowest BCUT2D eigenvalue weighted by Crippen LogP contribution is -2.23. The van der Waals surface area contributed by atoms with E-state index in [1.165, 1.54) is 22.9 Å². The zero-order valence-electron chi connectivity index (χ0n) is 26.1. The summed E-state index contributed by atoms with van der Waals surface area (Å²) in [6, 6.07) is 21.1. The molecule has 49 heavy (non-hydrogen) atoms. The van der Waals surface area contributed by atoms with Crippen molar-refractivity contribution in [3.05, 3.63) is 136 Å². The van der Waals surface area contributed by atoms with E-state index in [1.807, 2.05) is 12.1 Å². The molecule has 1 aliphatic rings. The number of rotatable bonds is 11. The van der Waals surface area contributed by atoms with Gasteiger partial charge in [-0.05, 0) is 66.9 Å². The van der Waals surface area contributed by atoms with Crippen molar-refractivity contribution in [2.45, 2.75) is 37.8 Å². The minimum Gasteiger partial charge on any atom is -0.464 e. The smallest absolute Gasteiger partial charge is 0.286 e. The lowest BCUT2D eigenvalue weighted by atomic mass is 10.1. The molecule has 0 N–H and O–H groups in total. The first-order chi connectivity index (χ1) is 23.6. The van der Waals surface area contributed by atoms with E-state index in [2.05, 4.69) is 9.97 Å². The highest BCUT2D eigenvalue weighted by Crippen LogP contribution is 2.33. The number of hydrogen-bond acceptors (Lipinski definition) is 9. The monoisotopic (exact) mass is 685 g/mol. The first kappa shape index (κ1) is 32.2. The van der Waals surface area contributed by atoms with E-state index in [0.717, 1.165) is 11.5 Å². The van der Waals surface area contributed by atoms with Crippen molar-refractivity contribution in [3.63, 3.8) is 0 Å². The number of fused-ring (bicyclic) bond motifs is 2. The zero-order valence-corrected chi connectivity index (χ0v) is 27.0. The van der Waals surface area contributed by atoms with Gasteiger partial charge in [-0.1, -0.05) is 36.4 Å². The molecule has 0 saturated carbocycles. The Balaban J connectivity index is 1.15. The maximum absolute atomic E-state index is 15.0. The molecule has 3 aromatic heterocycles. The molecule has 1 aliphatic heterocycles. The Bertz CT molecular complexity index is 2360. The highest BCUT2D eigenvalue weighted by Gasteiger charge is 2.25. The summed E-state index contributed by atoms with van der Waals surface area (Å²) in [5.41, 5.74) is 2.04. The molecule has 0 aliphatic carbocycles. The molecule has 6 aromatic rings. The van der Waals surface area contributed by atoms with Crippen LogP contribution >= 0.6 is 0 Å². The predicted octanol–water partition coefficient (Wildman–Crippen LogP) is 6.54. The third-order valence-corrected chi connectivity index (χ3v) is 9.65. The Kier molecular flexibility index (Phi) is 8.69. The molecule has 7 rings (SSSR count). The van der Waals surface area contributed by atoms with Crippen LogP contribution in [-0.4, -0.2) is 35.5 Å². The lowest BCUT2D eigenvalue weighted by molar-refractivity contribution is 0.0361. The SMILES string of the molecule is Cc1cc(-c2cc(F)c(=O)n(Cc3ccc4c(c3)OCO4)c2)nc(S(=O)(=O)CCC(OCc2ccccc2F)c2ccc3ccoc3c2)n1. The molecule has 10 nitrogen and oxygen atoms in total. The first-order valence-electron chi connectivity index (χ1n) is 15.3. The maximum Gasteiger partial charge on any atom is 0.286 e. The van der Waals surface area contributed by atoms with Crippen LogP contribution in [-0.2, 0) is 27.7 Å². The molecule has 250 valence electrons. The number of aryl methyl sites for hydroxylation is 1. The second-order valence-corrected chi connectivity index (χ2v) is 13.6. The fraction of sp³-hybridized carbons (Fsp3) is 0.194. The normalized spacial score (nSPS) is 13.2. The van der Waals surface area contributed by atoms with Gasteiger partial charge in [0.2, 0.25) is 21.8 Å². The molecule has 13 heteroatoms. The molecule has 0 saturated heterocycles. The van der Waals surface area contributed by atoms with Crippen molar-refractivity contribution in [1.82, 2.24) is 14.5 Å². The lowest BCUT2D eigenvalue weighted by Gasteiger charge is -2.19. The first-order valence-corrected chi connectivity index (χ1v) is 17.0. The number of halogens is 2. The fourth-order valence-corrected chi connectivity index (χ4v) is 6.83. The van der Waals surface area contributed by atoms with Crippen molar-refractivity contribution >= 4 is 20.8 Å². The number of nitrogens with zero attached hydrogens (tertiary/aromatic N) is 3. The summed E-state index contributed by atoms with van der Waals surface area (Å²) >= 11 is 0. The number of sulfone groups is 1. The third-order valence-electron chi connectivity index (χ3n) is 8.14. The van der Waals surface area contributed by atoms with Gasteiger partial charge in [0, 0.05) is 28.4 Å². The number of benzene rings is 3. The van der Waals surface area contributed by atoms with Gasteiger partial charge in [-0.25, -0.2) is 27.2 Å². The molecular weight excluding hydrogens is 656 g/mol. The number of aromatic nitrogens is 3. The second-order valence-electron chi connectivity index (χ2n) is 11.6. The van der Waals surface area contributed by atoms with Crippen molar-refractivity contribution in [2.75, 3.05) is 12.5 Å². The van der Waals surface area contributed by atoms with Crippen LogP contribution in [0, 0.1) is 18.6 Å². The van der Waals surface area contributed by atoms with Crippen LogP contribution in [0.1, 0.15) is 34.9 Å². The van der Waals surface area contributed by atoms with Crippen molar-refractivity contribution < 1.29 is 35.8 Å². The highest BCUT2D eigenvalue weighted by molar-refractivity contribution is 7.91. The Labute approximate surface area is 279 Å². The van der Waals surface area contributed by atoms with Crippen LogP contribution < -0.4 is 15.0 Å². The van der Waals surface area contributed by atoms with Gasteiger partial charge in [0.15, 0.2) is 17.3 Å². The zero-order chi connectivity index (χ0) is 34.1. The van der Waals surface area contributed by atoms with Crippen molar-refractivity contribution in [2.24, 2.45) is 0 Å². The molecule has 0 fully saturated rings. The van der Waals surface area contributed by atoms with Crippen molar-refractivity contribution in [1.29, 1.82) is 0 Å². The Morgan fingerprint density at radius 3 is 2.63 bits per heavy atom. The molecule has 0 bridgehead atoms. The average molecular weight is 686 g/mol. The minimum absolute atomic E-state index is 0.00925. The summed E-state index contributed by atoms with van der Waals surface area (Å²) in [7, 11) is -4.11. The summed E-state index contributed by atoms with van der Waals surface area (Å²) in [4.78, 5) is 21.2. The summed E-state index contributed by atoms with van der Waals surface area (Å²) < 4.78 is 80.4. The van der Waals surface area contributed by atoms with E-state index in [0.29, 0.717) is 39.5 Å². The molecule has 4 heterocycles. The molecular formula is C36H29F2N3O7S. The highest BCUT2D eigenvalue weighted by atomic mass is 32.2. The number of ether oxygens (including phenoxy) is 3. The van der Waals surface area contributed by atoms with Gasteiger partial charge in [0.1, 0.15) is 11.4 Å². The Hall–Kier alpha value is -5.40. The van der Waals surface area contributed by atoms with Crippen LogP contribution in [0.4, 0.5) is 8.78 Å². The van der Waals surface area contributed by atoms with Gasteiger partial charge in [-0.15, -0.1) is 0 Å². The van der Waals surface area contributed by atoms with E-state index in [-0.39, 0.29) is 37.6 Å². The van der Waals surface area contributed by atoms with E-state index in [4.69, 9.17) is 18.6 Å². The number of pyridine rings is 1. The summed E-state index contributed by atoms with van der Waals surface area (Å²) in [5, 5.41) is 0.411. The summed E-state index contributed by atoms with van der Waals surface area (Å²) in [5.74, 6) is -0.781. The Morgan fingerprint density at radius 2 is 1.78 bits per heavy atom.